The topological polar surface area (TPSA) is 165 Å². The van der Waals surface area contributed by atoms with Crippen LogP contribution in [0.5, 0.6) is 11.5 Å². The van der Waals surface area contributed by atoms with E-state index in [1.165, 1.54) is 6.92 Å². The van der Waals surface area contributed by atoms with Crippen molar-refractivity contribution < 1.29 is 57.1 Å². The van der Waals surface area contributed by atoms with Crippen LogP contribution in [-0.2, 0) is 49.4 Å². The summed E-state index contributed by atoms with van der Waals surface area (Å²) in [5, 5.41) is 2.67. The fourth-order valence-electron chi connectivity index (χ4n) is 5.38. The summed E-state index contributed by atoms with van der Waals surface area (Å²) >= 11 is 0. The molecule has 1 saturated heterocycles. The second-order valence-corrected chi connectivity index (χ2v) is 11.5. The quantitative estimate of drug-likeness (QED) is 0.189. The van der Waals surface area contributed by atoms with E-state index in [2.05, 4.69) is 5.32 Å². The maximum Gasteiger partial charge on any atom is 0.317 e. The average molecular weight is 707 g/mol. The third-order valence-corrected chi connectivity index (χ3v) is 7.59. The molecule has 5 unspecified atom stereocenters. The monoisotopic (exact) mass is 706 g/mol. The highest BCUT2D eigenvalue weighted by Crippen LogP contribution is 2.32. The number of rotatable bonds is 14. The number of urea groups is 1. The van der Waals surface area contributed by atoms with Gasteiger partial charge in [-0.2, -0.15) is 0 Å². The van der Waals surface area contributed by atoms with Gasteiger partial charge in [-0.1, -0.05) is 54.6 Å². The van der Waals surface area contributed by atoms with Gasteiger partial charge in [0.2, 0.25) is 12.4 Å². The molecule has 0 aliphatic carbocycles. The Bertz CT molecular complexity index is 1630. The van der Waals surface area contributed by atoms with Crippen molar-refractivity contribution in [2.24, 2.45) is 0 Å². The van der Waals surface area contributed by atoms with Crippen molar-refractivity contribution in [1.82, 2.24) is 10.2 Å². The van der Waals surface area contributed by atoms with Crippen molar-refractivity contribution in [3.63, 3.8) is 0 Å². The van der Waals surface area contributed by atoms with Crippen LogP contribution in [0.1, 0.15) is 33.3 Å². The molecule has 0 aromatic heterocycles. The molecule has 3 aromatic carbocycles. The van der Waals surface area contributed by atoms with Crippen molar-refractivity contribution in [3.8, 4) is 22.6 Å². The van der Waals surface area contributed by atoms with Crippen LogP contribution < -0.4 is 14.8 Å². The van der Waals surface area contributed by atoms with E-state index in [1.54, 1.807) is 36.2 Å². The Kier molecular flexibility index (Phi) is 13.8. The maximum atomic E-state index is 12.4. The zero-order valence-electron chi connectivity index (χ0n) is 29.1. The van der Waals surface area contributed by atoms with Crippen LogP contribution in [0, 0.1) is 0 Å². The van der Waals surface area contributed by atoms with Crippen molar-refractivity contribution in [3.05, 3.63) is 84.4 Å². The fraction of sp³-hybridized carbons (Fsp3) is 0.378. The molecule has 1 fully saturated rings. The average Bonchev–Trinajstić information content (AvgIpc) is 3.09. The van der Waals surface area contributed by atoms with Gasteiger partial charge in [-0.25, -0.2) is 4.79 Å². The third kappa shape index (κ3) is 11.5. The van der Waals surface area contributed by atoms with E-state index < -0.39 is 54.6 Å². The molecule has 272 valence electrons. The molecule has 4 rings (SSSR count). The minimum atomic E-state index is -1.35. The highest BCUT2D eigenvalue weighted by molar-refractivity contribution is 5.74. The SMILES string of the molecule is CNC(=O)N(CCOc1ccc(-c2ccc(OC3OC(COC(C)=O)C(OC(C)=O)C(OC(C)=O)C3OC(C)=O)cc2)cc1)Cc1ccccc1. The van der Waals surface area contributed by atoms with Crippen LogP contribution in [0.25, 0.3) is 11.1 Å². The first-order chi connectivity index (χ1) is 24.4. The molecular weight excluding hydrogens is 664 g/mol. The van der Waals surface area contributed by atoms with Gasteiger partial charge in [-0.05, 0) is 41.0 Å². The summed E-state index contributed by atoms with van der Waals surface area (Å²) in [4.78, 5) is 61.8. The van der Waals surface area contributed by atoms with Gasteiger partial charge < -0.3 is 43.4 Å². The van der Waals surface area contributed by atoms with E-state index >= 15 is 0 Å². The Labute approximate surface area is 295 Å². The minimum absolute atomic E-state index is 0.195. The standard InChI is InChI=1S/C37H42N2O12/c1-23(40)46-22-32-33(47-24(2)41)34(48-25(3)42)35(49-26(4)43)36(51-32)50-31-17-13-29(14-18-31)28-11-15-30(16-12-28)45-20-19-39(37(44)38-5)21-27-9-7-6-8-10-27/h6-18,32-36H,19-22H2,1-5H3,(H,38,44). The molecule has 0 spiro atoms. The van der Waals surface area contributed by atoms with Gasteiger partial charge in [0.25, 0.3) is 0 Å². The largest absolute Gasteiger partial charge is 0.492 e. The summed E-state index contributed by atoms with van der Waals surface area (Å²) in [6.07, 6.45) is -6.45. The van der Waals surface area contributed by atoms with E-state index in [4.69, 9.17) is 33.2 Å². The number of carbonyl (C=O) groups excluding carboxylic acids is 5. The van der Waals surface area contributed by atoms with Gasteiger partial charge in [-0.3, -0.25) is 19.2 Å². The molecular formula is C37H42N2O12. The number of carbonyl (C=O) groups is 5. The summed E-state index contributed by atoms with van der Waals surface area (Å²) < 4.78 is 39.5. The lowest BCUT2D eigenvalue weighted by molar-refractivity contribution is -0.288. The Hall–Kier alpha value is -5.63. The molecule has 14 heteroatoms. The molecule has 3 aromatic rings. The summed E-state index contributed by atoms with van der Waals surface area (Å²) in [6, 6.07) is 23.9. The first kappa shape index (κ1) is 38.2. The van der Waals surface area contributed by atoms with Crippen LogP contribution in [0.4, 0.5) is 4.79 Å². The molecule has 0 radical (unpaired) electrons. The second-order valence-electron chi connectivity index (χ2n) is 11.5. The number of nitrogens with one attached hydrogen (secondary N) is 1. The second kappa shape index (κ2) is 18.4. The van der Waals surface area contributed by atoms with E-state index in [1.807, 2.05) is 54.6 Å². The molecule has 2 amide bonds. The van der Waals surface area contributed by atoms with E-state index in [0.717, 1.165) is 37.5 Å². The van der Waals surface area contributed by atoms with Gasteiger partial charge in [0.05, 0.1) is 6.54 Å². The highest BCUT2D eigenvalue weighted by Gasteiger charge is 2.53. The Morgan fingerprint density at radius 3 is 1.78 bits per heavy atom. The van der Waals surface area contributed by atoms with Gasteiger partial charge in [0.15, 0.2) is 12.2 Å². The number of hydrogen-bond donors (Lipinski definition) is 1. The van der Waals surface area contributed by atoms with Gasteiger partial charge in [0.1, 0.15) is 30.8 Å². The highest BCUT2D eigenvalue weighted by atomic mass is 16.7. The van der Waals surface area contributed by atoms with Crippen molar-refractivity contribution >= 4 is 29.9 Å². The van der Waals surface area contributed by atoms with E-state index in [0.29, 0.717) is 31.2 Å². The zero-order valence-corrected chi connectivity index (χ0v) is 29.1. The maximum absolute atomic E-state index is 12.4. The zero-order chi connectivity index (χ0) is 36.9. The summed E-state index contributed by atoms with van der Waals surface area (Å²) in [5.41, 5.74) is 2.75. The fourth-order valence-corrected chi connectivity index (χ4v) is 5.38. The van der Waals surface area contributed by atoms with Crippen LogP contribution in [0.15, 0.2) is 78.9 Å². The molecule has 1 heterocycles. The normalized spacial score (nSPS) is 19.5. The Balaban J connectivity index is 1.44. The number of nitrogens with zero attached hydrogens (tertiary/aromatic N) is 1. The molecule has 5 atom stereocenters. The first-order valence-electron chi connectivity index (χ1n) is 16.2. The molecule has 1 aliphatic rings. The lowest BCUT2D eigenvalue weighted by Crippen LogP contribution is -2.63. The van der Waals surface area contributed by atoms with Gasteiger partial charge in [0, 0.05) is 41.3 Å². The van der Waals surface area contributed by atoms with Gasteiger partial charge >= 0.3 is 29.9 Å². The molecule has 0 saturated carbocycles. The lowest BCUT2D eigenvalue weighted by Gasteiger charge is -2.43. The van der Waals surface area contributed by atoms with Crippen LogP contribution >= 0.6 is 0 Å². The number of hydrogen-bond acceptors (Lipinski definition) is 12. The number of esters is 4. The summed E-state index contributed by atoms with van der Waals surface area (Å²) in [6.45, 7) is 5.42. The molecule has 1 aliphatic heterocycles. The Morgan fingerprint density at radius 2 is 1.24 bits per heavy atom. The van der Waals surface area contributed by atoms with Crippen molar-refractivity contribution in [1.29, 1.82) is 0 Å². The number of amides is 2. The van der Waals surface area contributed by atoms with Crippen LogP contribution in [0.2, 0.25) is 0 Å². The predicted molar refractivity (Wildman–Crippen MR) is 181 cm³/mol. The minimum Gasteiger partial charge on any atom is -0.492 e. The summed E-state index contributed by atoms with van der Waals surface area (Å²) in [5.74, 6) is -1.86. The lowest BCUT2D eigenvalue weighted by atomic mass is 9.98. The van der Waals surface area contributed by atoms with Gasteiger partial charge in [-0.15, -0.1) is 0 Å². The number of benzene rings is 3. The van der Waals surface area contributed by atoms with Crippen molar-refractivity contribution in [2.45, 2.75) is 64.9 Å². The first-order valence-corrected chi connectivity index (χ1v) is 16.2. The number of ether oxygens (including phenoxy) is 7. The molecule has 0 bridgehead atoms. The predicted octanol–water partition coefficient (Wildman–Crippen LogP) is 4.04. The van der Waals surface area contributed by atoms with E-state index in [9.17, 15) is 24.0 Å². The Morgan fingerprint density at radius 1 is 0.686 bits per heavy atom. The van der Waals surface area contributed by atoms with Crippen LogP contribution in [-0.4, -0.2) is 92.3 Å². The van der Waals surface area contributed by atoms with Crippen LogP contribution in [0.3, 0.4) is 0 Å². The molecule has 51 heavy (non-hydrogen) atoms. The third-order valence-electron chi connectivity index (χ3n) is 7.59. The smallest absolute Gasteiger partial charge is 0.317 e. The van der Waals surface area contributed by atoms with E-state index in [-0.39, 0.29) is 12.6 Å². The summed E-state index contributed by atoms with van der Waals surface area (Å²) in [7, 11) is 1.59. The molecule has 14 nitrogen and oxygen atoms in total. The molecule has 1 N–H and O–H groups in total. The van der Waals surface area contributed by atoms with Crippen molar-refractivity contribution in [2.75, 3.05) is 26.8 Å².